The summed E-state index contributed by atoms with van der Waals surface area (Å²) >= 11 is 0. The average Bonchev–Trinajstić information content (AvgIpc) is 2.85. The summed E-state index contributed by atoms with van der Waals surface area (Å²) in [6.45, 7) is 5.20. The first-order chi connectivity index (χ1) is 16.3. The van der Waals surface area contributed by atoms with E-state index in [9.17, 15) is 19.5 Å². The van der Waals surface area contributed by atoms with Crippen LogP contribution in [0.15, 0.2) is 65.6 Å². The van der Waals surface area contributed by atoms with Crippen molar-refractivity contribution < 1.29 is 14.7 Å². The van der Waals surface area contributed by atoms with Crippen LogP contribution in [0.1, 0.15) is 57.8 Å². The number of hydrogen-bond acceptors (Lipinski definition) is 4. The minimum atomic E-state index is -0.710. The highest BCUT2D eigenvalue weighted by Gasteiger charge is 2.25. The van der Waals surface area contributed by atoms with Crippen LogP contribution in [0.3, 0.4) is 0 Å². The van der Waals surface area contributed by atoms with Gasteiger partial charge < -0.3 is 15.0 Å². The first-order valence-corrected chi connectivity index (χ1v) is 11.7. The highest BCUT2D eigenvalue weighted by atomic mass is 16.4. The number of carbonyl (C=O) groups excluding carboxylic acids is 1. The van der Waals surface area contributed by atoms with Crippen molar-refractivity contribution in [3.63, 3.8) is 0 Å². The van der Waals surface area contributed by atoms with Gasteiger partial charge in [-0.1, -0.05) is 36.4 Å². The number of Topliss-reactive ketones (excluding diaryl/α,β-unsaturated/α-hetero) is 1. The maximum Gasteiger partial charge on any atom is 0.306 e. The van der Waals surface area contributed by atoms with Crippen molar-refractivity contribution in [2.24, 2.45) is 5.92 Å². The Bertz CT molecular complexity index is 1240. The number of aromatic amines is 1. The molecule has 1 fully saturated rings. The largest absolute Gasteiger partial charge is 0.481 e. The highest BCUT2D eigenvalue weighted by molar-refractivity contribution is 5.96. The summed E-state index contributed by atoms with van der Waals surface area (Å²) in [7, 11) is 0. The Morgan fingerprint density at radius 1 is 1.03 bits per heavy atom. The second-order valence-corrected chi connectivity index (χ2v) is 9.13. The number of ketones is 1. The van der Waals surface area contributed by atoms with Gasteiger partial charge in [-0.25, -0.2) is 0 Å². The van der Waals surface area contributed by atoms with Crippen molar-refractivity contribution in [3.05, 3.63) is 99.0 Å². The van der Waals surface area contributed by atoms with Gasteiger partial charge in [0.2, 0.25) is 0 Å². The van der Waals surface area contributed by atoms with E-state index in [1.54, 1.807) is 13.0 Å². The molecule has 0 unspecified atom stereocenters. The summed E-state index contributed by atoms with van der Waals surface area (Å²) in [6, 6.07) is 18.0. The number of pyridine rings is 1. The molecule has 176 valence electrons. The number of nitrogens with zero attached hydrogens (tertiary/aromatic N) is 1. The Hall–Kier alpha value is -3.67. The Kier molecular flexibility index (Phi) is 6.96. The van der Waals surface area contributed by atoms with Crippen molar-refractivity contribution in [1.82, 2.24) is 4.98 Å². The normalized spacial score (nSPS) is 15.2. The molecule has 0 radical (unpaired) electrons. The van der Waals surface area contributed by atoms with Gasteiger partial charge in [0.05, 0.1) is 5.92 Å². The van der Waals surface area contributed by atoms with Crippen molar-refractivity contribution >= 4 is 17.4 Å². The summed E-state index contributed by atoms with van der Waals surface area (Å²) in [6.07, 6.45) is 3.09. The first kappa shape index (κ1) is 23.5. The number of carboxylic acids is 1. The number of piperidine rings is 1. The molecule has 1 saturated heterocycles. The van der Waals surface area contributed by atoms with Crippen molar-refractivity contribution in [2.45, 2.75) is 39.0 Å². The molecule has 3 aromatic rings. The van der Waals surface area contributed by atoms with Crippen LogP contribution in [0.2, 0.25) is 0 Å². The summed E-state index contributed by atoms with van der Waals surface area (Å²) in [5.41, 5.74) is 5.19. The van der Waals surface area contributed by atoms with E-state index in [-0.39, 0.29) is 23.2 Å². The number of aromatic nitrogens is 1. The average molecular weight is 459 g/mol. The van der Waals surface area contributed by atoms with Gasteiger partial charge in [0, 0.05) is 48.4 Å². The first-order valence-electron chi connectivity index (χ1n) is 11.7. The fraction of sp³-hybridized carbons (Fsp3) is 0.321. The molecule has 2 heterocycles. The zero-order chi connectivity index (χ0) is 24.2. The number of carbonyl (C=O) groups is 2. The van der Waals surface area contributed by atoms with Gasteiger partial charge in [-0.15, -0.1) is 0 Å². The van der Waals surface area contributed by atoms with E-state index in [1.807, 2.05) is 12.1 Å². The number of aliphatic carboxylic acids is 1. The van der Waals surface area contributed by atoms with Crippen LogP contribution in [-0.2, 0) is 4.79 Å². The van der Waals surface area contributed by atoms with E-state index in [1.165, 1.54) is 6.20 Å². The van der Waals surface area contributed by atoms with Crippen LogP contribution in [0.25, 0.3) is 0 Å². The van der Waals surface area contributed by atoms with Gasteiger partial charge in [-0.05, 0) is 61.6 Å². The minimum absolute atomic E-state index is 0.0209. The maximum atomic E-state index is 13.2. The quantitative estimate of drug-likeness (QED) is 0.501. The summed E-state index contributed by atoms with van der Waals surface area (Å²) in [5.74, 6) is -1.11. The van der Waals surface area contributed by atoms with Crippen molar-refractivity contribution in [3.8, 4) is 0 Å². The molecule has 0 bridgehead atoms. The molecule has 1 atom stereocenters. The Balaban J connectivity index is 1.59. The fourth-order valence-electron chi connectivity index (χ4n) is 4.75. The molecule has 34 heavy (non-hydrogen) atoms. The molecular formula is C28H30N2O4. The number of aryl methyl sites for hydroxylation is 2. The molecule has 1 aliphatic heterocycles. The smallest absolute Gasteiger partial charge is 0.306 e. The van der Waals surface area contributed by atoms with E-state index >= 15 is 0 Å². The lowest BCUT2D eigenvalue weighted by molar-refractivity contribution is -0.142. The number of benzene rings is 2. The number of carboxylic acid groups (broad SMARTS) is 1. The summed E-state index contributed by atoms with van der Waals surface area (Å²) in [5, 5.41) is 9.24. The van der Waals surface area contributed by atoms with Crippen LogP contribution in [0.5, 0.6) is 0 Å². The molecule has 0 saturated carbocycles. The zero-order valence-corrected chi connectivity index (χ0v) is 19.6. The molecule has 0 aliphatic carbocycles. The number of hydrogen-bond donors (Lipinski definition) is 2. The van der Waals surface area contributed by atoms with Crippen molar-refractivity contribution in [1.29, 1.82) is 0 Å². The maximum absolute atomic E-state index is 13.2. The fourth-order valence-corrected chi connectivity index (χ4v) is 4.75. The standard InChI is InChI=1S/C28H30N2O4/c1-18-5-3-4-6-24(18)25(16-26(31)22-15-19(2)27(32)29-17-22)20-7-9-23(10-8-20)30-13-11-21(12-14-30)28(33)34/h3-10,15,17,21,25H,11-14,16H2,1-2H3,(H,29,32)(H,33,34)/t25-/m1/s1. The van der Waals surface area contributed by atoms with E-state index < -0.39 is 5.97 Å². The van der Waals surface area contributed by atoms with Gasteiger partial charge in [-0.3, -0.25) is 14.4 Å². The minimum Gasteiger partial charge on any atom is -0.481 e. The molecule has 2 aromatic carbocycles. The predicted octanol–water partition coefficient (Wildman–Crippen LogP) is 4.70. The Morgan fingerprint density at radius 3 is 2.32 bits per heavy atom. The second-order valence-electron chi connectivity index (χ2n) is 9.13. The zero-order valence-electron chi connectivity index (χ0n) is 19.6. The topological polar surface area (TPSA) is 90.5 Å². The Labute approximate surface area is 199 Å². The lowest BCUT2D eigenvalue weighted by Crippen LogP contribution is -2.36. The molecular weight excluding hydrogens is 428 g/mol. The SMILES string of the molecule is Cc1ccccc1[C@H](CC(=O)c1c[nH]c(=O)c(C)c1)c1ccc(N2CCC(C(=O)O)CC2)cc1. The van der Waals surface area contributed by atoms with Gasteiger partial charge in [0.15, 0.2) is 5.78 Å². The number of rotatable bonds is 7. The molecule has 1 aliphatic rings. The summed E-state index contributed by atoms with van der Waals surface area (Å²) < 4.78 is 0. The van der Waals surface area contributed by atoms with Crippen LogP contribution < -0.4 is 10.5 Å². The molecule has 1 aromatic heterocycles. The number of H-pyrrole nitrogens is 1. The van der Waals surface area contributed by atoms with Gasteiger partial charge in [0.25, 0.3) is 5.56 Å². The lowest BCUT2D eigenvalue weighted by Gasteiger charge is -2.32. The number of anilines is 1. The van der Waals surface area contributed by atoms with Crippen LogP contribution in [0.4, 0.5) is 5.69 Å². The van der Waals surface area contributed by atoms with E-state index in [0.717, 1.165) is 35.5 Å². The molecule has 2 N–H and O–H groups in total. The second kappa shape index (κ2) is 10.1. The van der Waals surface area contributed by atoms with Gasteiger partial charge in [-0.2, -0.15) is 0 Å². The molecule has 4 rings (SSSR count). The molecule has 6 nitrogen and oxygen atoms in total. The van der Waals surface area contributed by atoms with Gasteiger partial charge >= 0.3 is 5.97 Å². The van der Waals surface area contributed by atoms with E-state index in [4.69, 9.17) is 0 Å². The van der Waals surface area contributed by atoms with Crippen LogP contribution >= 0.6 is 0 Å². The third-order valence-corrected chi connectivity index (χ3v) is 6.87. The highest BCUT2D eigenvalue weighted by Crippen LogP contribution is 2.33. The van der Waals surface area contributed by atoms with E-state index in [0.29, 0.717) is 30.4 Å². The third-order valence-electron chi connectivity index (χ3n) is 6.87. The van der Waals surface area contributed by atoms with E-state index in [2.05, 4.69) is 53.2 Å². The molecule has 0 spiro atoms. The molecule has 6 heteroatoms. The summed E-state index contributed by atoms with van der Waals surface area (Å²) in [4.78, 5) is 41.0. The van der Waals surface area contributed by atoms with Gasteiger partial charge in [0.1, 0.15) is 0 Å². The number of nitrogens with one attached hydrogen (secondary N) is 1. The third kappa shape index (κ3) is 5.11. The van der Waals surface area contributed by atoms with Crippen LogP contribution in [0, 0.1) is 19.8 Å². The van der Waals surface area contributed by atoms with Crippen molar-refractivity contribution in [2.75, 3.05) is 18.0 Å². The predicted molar refractivity (Wildman–Crippen MR) is 133 cm³/mol. The molecule has 0 amide bonds. The lowest BCUT2D eigenvalue weighted by atomic mass is 9.83. The monoisotopic (exact) mass is 458 g/mol. The van der Waals surface area contributed by atoms with Crippen LogP contribution in [-0.4, -0.2) is 34.9 Å². The Morgan fingerprint density at radius 2 is 1.71 bits per heavy atom.